The molecule has 1 atom stereocenters. The van der Waals surface area contributed by atoms with E-state index in [0.29, 0.717) is 11.4 Å². The van der Waals surface area contributed by atoms with Gasteiger partial charge in [0.2, 0.25) is 0 Å². The van der Waals surface area contributed by atoms with E-state index in [1.54, 1.807) is 12.1 Å². The van der Waals surface area contributed by atoms with Crippen LogP contribution in [-0.4, -0.2) is 5.97 Å². The second kappa shape index (κ2) is 5.54. The number of carbonyl (C=O) groups excluding carboxylic acids is 1. The molecule has 0 aliphatic rings. The minimum atomic E-state index is -0.234. The summed E-state index contributed by atoms with van der Waals surface area (Å²) in [5.74, 6) is -0.167. The lowest BCUT2D eigenvalue weighted by Gasteiger charge is -2.19. The molecule has 0 bridgehead atoms. The molecule has 2 nitrogen and oxygen atoms in total. The van der Waals surface area contributed by atoms with E-state index in [4.69, 9.17) is 16.3 Å². The first-order valence-electron chi connectivity index (χ1n) is 5.73. The van der Waals surface area contributed by atoms with Gasteiger partial charge in [0.1, 0.15) is 6.10 Å². The molecule has 0 aromatic heterocycles. The monoisotopic (exact) mass is 254 g/mol. The number of hydrogen-bond acceptors (Lipinski definition) is 2. The molecule has 0 saturated carbocycles. The van der Waals surface area contributed by atoms with Crippen molar-refractivity contribution in [2.75, 3.05) is 0 Å². The van der Waals surface area contributed by atoms with Gasteiger partial charge < -0.3 is 4.74 Å². The van der Waals surface area contributed by atoms with Crippen molar-refractivity contribution in [1.82, 2.24) is 0 Å². The number of carbonyl (C=O) groups is 1. The fourth-order valence-electron chi connectivity index (χ4n) is 1.47. The van der Waals surface area contributed by atoms with Crippen molar-refractivity contribution in [2.45, 2.75) is 40.2 Å². The largest absolute Gasteiger partial charge is 0.458 e. The first kappa shape index (κ1) is 14.0. The van der Waals surface area contributed by atoms with Crippen LogP contribution in [0.25, 0.3) is 0 Å². The molecule has 1 rings (SSSR count). The molecule has 0 heterocycles. The third kappa shape index (κ3) is 5.22. The van der Waals surface area contributed by atoms with Gasteiger partial charge in [-0.05, 0) is 30.0 Å². The predicted octanol–water partition coefficient (Wildman–Crippen LogP) is 4.38. The first-order chi connectivity index (χ1) is 7.78. The Balaban J connectivity index is 2.57. The maximum Gasteiger partial charge on any atom is 0.306 e. The third-order valence-corrected chi connectivity index (χ3v) is 2.57. The Labute approximate surface area is 108 Å². The lowest BCUT2D eigenvalue weighted by molar-refractivity contribution is -0.150. The highest BCUT2D eigenvalue weighted by Crippen LogP contribution is 2.23. The van der Waals surface area contributed by atoms with Gasteiger partial charge in [0.05, 0.1) is 6.42 Å². The Bertz CT molecular complexity index is 376. The average molecular weight is 255 g/mol. The quantitative estimate of drug-likeness (QED) is 0.749. The van der Waals surface area contributed by atoms with Crippen LogP contribution in [0.1, 0.15) is 45.8 Å². The Morgan fingerprint density at radius 1 is 1.29 bits per heavy atom. The molecule has 0 amide bonds. The van der Waals surface area contributed by atoms with Crippen LogP contribution in [0, 0.1) is 5.41 Å². The van der Waals surface area contributed by atoms with Crippen LogP contribution in [0.3, 0.4) is 0 Å². The summed E-state index contributed by atoms with van der Waals surface area (Å²) in [6, 6.07) is 7.34. The minimum Gasteiger partial charge on any atom is -0.458 e. The summed E-state index contributed by atoms with van der Waals surface area (Å²) in [7, 11) is 0. The van der Waals surface area contributed by atoms with Crippen LogP contribution in [0.4, 0.5) is 0 Å². The van der Waals surface area contributed by atoms with Gasteiger partial charge in [-0.1, -0.05) is 44.5 Å². The maximum atomic E-state index is 11.7. The van der Waals surface area contributed by atoms with Crippen molar-refractivity contribution in [3.05, 3.63) is 34.9 Å². The zero-order valence-corrected chi connectivity index (χ0v) is 11.5. The van der Waals surface area contributed by atoms with Gasteiger partial charge in [-0.15, -0.1) is 0 Å². The third-order valence-electron chi connectivity index (χ3n) is 2.32. The molecular weight excluding hydrogens is 236 g/mol. The van der Waals surface area contributed by atoms with Crippen LogP contribution in [-0.2, 0) is 9.53 Å². The molecule has 0 fully saturated rings. The Kier molecular flexibility index (Phi) is 4.58. The number of benzene rings is 1. The maximum absolute atomic E-state index is 11.7. The molecule has 0 saturated heterocycles. The van der Waals surface area contributed by atoms with Gasteiger partial charge >= 0.3 is 5.97 Å². The minimum absolute atomic E-state index is 0.0448. The smallest absolute Gasteiger partial charge is 0.306 e. The summed E-state index contributed by atoms with van der Waals surface area (Å²) in [6.45, 7) is 7.91. The highest BCUT2D eigenvalue weighted by molar-refractivity contribution is 6.30. The highest BCUT2D eigenvalue weighted by Gasteiger charge is 2.19. The van der Waals surface area contributed by atoms with Gasteiger partial charge in [-0.25, -0.2) is 0 Å². The first-order valence-corrected chi connectivity index (χ1v) is 6.11. The van der Waals surface area contributed by atoms with Gasteiger partial charge in [-0.2, -0.15) is 0 Å². The van der Waals surface area contributed by atoms with Crippen LogP contribution in [0.5, 0.6) is 0 Å². The van der Waals surface area contributed by atoms with Gasteiger partial charge in [-0.3, -0.25) is 4.79 Å². The summed E-state index contributed by atoms with van der Waals surface area (Å²) >= 11 is 5.80. The molecule has 17 heavy (non-hydrogen) atoms. The van der Waals surface area contributed by atoms with Crippen LogP contribution >= 0.6 is 11.6 Å². The van der Waals surface area contributed by atoms with E-state index in [2.05, 4.69) is 0 Å². The lowest BCUT2D eigenvalue weighted by atomic mass is 9.92. The number of ether oxygens (including phenoxy) is 1. The van der Waals surface area contributed by atoms with Crippen LogP contribution in [0.15, 0.2) is 24.3 Å². The van der Waals surface area contributed by atoms with Gasteiger partial charge in [0.25, 0.3) is 0 Å². The molecule has 1 unspecified atom stereocenters. The zero-order chi connectivity index (χ0) is 13.1. The predicted molar refractivity (Wildman–Crippen MR) is 70.0 cm³/mol. The molecule has 1 aromatic rings. The molecule has 0 aliphatic carbocycles. The van der Waals surface area contributed by atoms with Crippen LogP contribution < -0.4 is 0 Å². The second-order valence-electron chi connectivity index (χ2n) is 5.42. The second-order valence-corrected chi connectivity index (χ2v) is 5.86. The van der Waals surface area contributed by atoms with E-state index < -0.39 is 0 Å². The Hall–Kier alpha value is -1.02. The molecule has 1 aromatic carbocycles. The fourth-order valence-corrected chi connectivity index (χ4v) is 1.60. The number of esters is 1. The molecule has 3 heteroatoms. The van der Waals surface area contributed by atoms with E-state index in [1.807, 2.05) is 39.8 Å². The Morgan fingerprint density at radius 3 is 2.29 bits per heavy atom. The van der Waals surface area contributed by atoms with Crippen LogP contribution in [0.2, 0.25) is 5.02 Å². The van der Waals surface area contributed by atoms with Crippen molar-refractivity contribution >= 4 is 17.6 Å². The normalized spacial score (nSPS) is 13.2. The van der Waals surface area contributed by atoms with E-state index >= 15 is 0 Å². The standard InChI is InChI=1S/C14H19ClO2/c1-10(11-5-7-12(15)8-6-11)17-13(16)9-14(2,3)4/h5-8,10H,9H2,1-4H3. The fraction of sp³-hybridized carbons (Fsp3) is 0.500. The summed E-state index contributed by atoms with van der Waals surface area (Å²) in [5.41, 5.74) is 0.910. The van der Waals surface area contributed by atoms with Gasteiger partial charge in [0.15, 0.2) is 0 Å². The lowest BCUT2D eigenvalue weighted by Crippen LogP contribution is -2.17. The molecule has 0 aliphatic heterocycles. The zero-order valence-electron chi connectivity index (χ0n) is 10.8. The average Bonchev–Trinajstić information content (AvgIpc) is 2.15. The molecule has 0 spiro atoms. The highest BCUT2D eigenvalue weighted by atomic mass is 35.5. The molecular formula is C14H19ClO2. The van der Waals surface area contributed by atoms with Crippen molar-refractivity contribution in [2.24, 2.45) is 5.41 Å². The molecule has 0 radical (unpaired) electrons. The SMILES string of the molecule is CC(OC(=O)CC(C)(C)C)c1ccc(Cl)cc1. The molecule has 0 N–H and O–H groups in total. The van der Waals surface area contributed by atoms with E-state index in [0.717, 1.165) is 5.56 Å². The Morgan fingerprint density at radius 2 is 1.82 bits per heavy atom. The van der Waals surface area contributed by atoms with E-state index in [1.165, 1.54) is 0 Å². The molecule has 94 valence electrons. The number of hydrogen-bond donors (Lipinski definition) is 0. The van der Waals surface area contributed by atoms with Gasteiger partial charge in [0, 0.05) is 5.02 Å². The summed E-state index contributed by atoms with van der Waals surface area (Å²) in [4.78, 5) is 11.7. The topological polar surface area (TPSA) is 26.3 Å². The number of halogens is 1. The summed E-state index contributed by atoms with van der Waals surface area (Å²) < 4.78 is 5.37. The number of rotatable bonds is 3. The summed E-state index contributed by atoms with van der Waals surface area (Å²) in [6.07, 6.45) is 0.187. The van der Waals surface area contributed by atoms with Crippen molar-refractivity contribution in [1.29, 1.82) is 0 Å². The van der Waals surface area contributed by atoms with Crippen molar-refractivity contribution in [3.8, 4) is 0 Å². The van der Waals surface area contributed by atoms with Crippen molar-refractivity contribution < 1.29 is 9.53 Å². The van der Waals surface area contributed by atoms with E-state index in [9.17, 15) is 4.79 Å². The van der Waals surface area contributed by atoms with E-state index in [-0.39, 0.29) is 17.5 Å². The summed E-state index contributed by atoms with van der Waals surface area (Å²) in [5, 5.41) is 0.682. The van der Waals surface area contributed by atoms with Crippen molar-refractivity contribution in [3.63, 3.8) is 0 Å².